The minimum absolute atomic E-state index is 0.271. The molecule has 0 saturated carbocycles. The van der Waals surface area contributed by atoms with E-state index in [2.05, 4.69) is 0 Å². The molecule has 0 radical (unpaired) electrons. The van der Waals surface area contributed by atoms with E-state index in [1.54, 1.807) is 12.1 Å². The maximum Gasteiger partial charge on any atom is 0.335 e. The number of fused-ring (bicyclic) bond motifs is 1. The van der Waals surface area contributed by atoms with Crippen LogP contribution in [-0.2, 0) is 17.6 Å². The zero-order valence-electron chi connectivity index (χ0n) is 8.64. The number of carboxylic acids is 2. The molecule has 1 aliphatic carbocycles. The number of carbonyl (C=O) groups is 2. The zero-order chi connectivity index (χ0) is 11.7. The van der Waals surface area contributed by atoms with Crippen molar-refractivity contribution in [2.45, 2.75) is 19.3 Å². The van der Waals surface area contributed by atoms with E-state index in [-0.39, 0.29) is 11.5 Å². The molecule has 0 aliphatic heterocycles. The molecule has 1 aromatic carbocycles. The van der Waals surface area contributed by atoms with Crippen molar-refractivity contribution in [3.63, 3.8) is 0 Å². The summed E-state index contributed by atoms with van der Waals surface area (Å²) in [6.07, 6.45) is 1.74. The average Bonchev–Trinajstić information content (AvgIpc) is 2.27. The second kappa shape index (κ2) is 3.96. The summed E-state index contributed by atoms with van der Waals surface area (Å²) in [6, 6.07) is 4.91. The second-order valence-electron chi connectivity index (χ2n) is 4.07. The third kappa shape index (κ3) is 1.91. The molecule has 1 aliphatic rings. The van der Waals surface area contributed by atoms with Crippen LogP contribution in [-0.4, -0.2) is 22.2 Å². The van der Waals surface area contributed by atoms with Gasteiger partial charge in [-0.25, -0.2) is 4.79 Å². The van der Waals surface area contributed by atoms with Crippen LogP contribution in [0.1, 0.15) is 27.9 Å². The Morgan fingerprint density at radius 1 is 1.19 bits per heavy atom. The first-order chi connectivity index (χ1) is 7.58. The molecule has 2 rings (SSSR count). The summed E-state index contributed by atoms with van der Waals surface area (Å²) in [4.78, 5) is 21.6. The van der Waals surface area contributed by atoms with Crippen molar-refractivity contribution < 1.29 is 19.8 Å². The van der Waals surface area contributed by atoms with E-state index in [1.165, 1.54) is 6.07 Å². The lowest BCUT2D eigenvalue weighted by Gasteiger charge is -2.21. The van der Waals surface area contributed by atoms with E-state index in [4.69, 9.17) is 10.2 Å². The van der Waals surface area contributed by atoms with Gasteiger partial charge in [-0.05, 0) is 42.5 Å². The van der Waals surface area contributed by atoms with Crippen molar-refractivity contribution >= 4 is 11.9 Å². The van der Waals surface area contributed by atoms with Crippen LogP contribution in [0.4, 0.5) is 0 Å². The van der Waals surface area contributed by atoms with Crippen molar-refractivity contribution in [1.82, 2.24) is 0 Å². The fraction of sp³-hybridized carbons (Fsp3) is 0.333. The minimum Gasteiger partial charge on any atom is -0.481 e. The third-order valence-corrected chi connectivity index (χ3v) is 3.03. The van der Waals surface area contributed by atoms with E-state index >= 15 is 0 Å². The topological polar surface area (TPSA) is 74.6 Å². The highest BCUT2D eigenvalue weighted by Crippen LogP contribution is 2.26. The van der Waals surface area contributed by atoms with Crippen LogP contribution in [0.25, 0.3) is 0 Å². The van der Waals surface area contributed by atoms with Crippen molar-refractivity contribution in [3.05, 3.63) is 34.9 Å². The number of aliphatic carboxylic acids is 1. The second-order valence-corrected chi connectivity index (χ2v) is 4.07. The molecule has 16 heavy (non-hydrogen) atoms. The summed E-state index contributed by atoms with van der Waals surface area (Å²) in [6.45, 7) is 0. The Labute approximate surface area is 92.5 Å². The van der Waals surface area contributed by atoms with E-state index in [1.807, 2.05) is 0 Å². The molecule has 4 nitrogen and oxygen atoms in total. The average molecular weight is 220 g/mol. The summed E-state index contributed by atoms with van der Waals surface area (Å²) >= 11 is 0. The number of aryl methyl sites for hydroxylation is 1. The van der Waals surface area contributed by atoms with Crippen LogP contribution >= 0.6 is 0 Å². The molecular formula is C12H12O4. The molecule has 0 unspecified atom stereocenters. The van der Waals surface area contributed by atoms with Gasteiger partial charge in [-0.3, -0.25) is 4.79 Å². The SMILES string of the molecule is O=C(O)c1ccc2c(c1)CC[C@H](C(=O)O)C2. The number of hydrogen-bond acceptors (Lipinski definition) is 2. The maximum atomic E-state index is 10.8. The third-order valence-electron chi connectivity index (χ3n) is 3.03. The van der Waals surface area contributed by atoms with Crippen LogP contribution in [0.3, 0.4) is 0 Å². The van der Waals surface area contributed by atoms with Crippen LogP contribution in [0.15, 0.2) is 18.2 Å². The summed E-state index contributed by atoms with van der Waals surface area (Å²) in [5.41, 5.74) is 2.20. The molecule has 0 heterocycles. The Kier molecular flexibility index (Phi) is 2.64. The molecule has 0 aromatic heterocycles. The standard InChI is InChI=1S/C12H12O4/c13-11(14)9-3-1-7-5-10(12(15)16)4-2-8(7)6-9/h1,3,6,10H,2,4-5H2,(H,13,14)(H,15,16)/t10-/m0/s1. The van der Waals surface area contributed by atoms with Gasteiger partial charge < -0.3 is 10.2 Å². The molecule has 84 valence electrons. The van der Waals surface area contributed by atoms with Gasteiger partial charge in [-0.1, -0.05) is 6.07 Å². The monoisotopic (exact) mass is 220 g/mol. The molecule has 0 spiro atoms. The Morgan fingerprint density at radius 2 is 1.94 bits per heavy atom. The molecule has 4 heteroatoms. The number of carboxylic acid groups (broad SMARTS) is 2. The van der Waals surface area contributed by atoms with Crippen molar-refractivity contribution in [2.24, 2.45) is 5.92 Å². The van der Waals surface area contributed by atoms with Gasteiger partial charge in [0.25, 0.3) is 0 Å². The Morgan fingerprint density at radius 3 is 2.56 bits per heavy atom. The number of benzene rings is 1. The summed E-state index contributed by atoms with van der Waals surface area (Å²) in [5.74, 6) is -2.04. The molecule has 0 bridgehead atoms. The van der Waals surface area contributed by atoms with Crippen molar-refractivity contribution in [3.8, 4) is 0 Å². The molecule has 0 amide bonds. The largest absolute Gasteiger partial charge is 0.481 e. The van der Waals surface area contributed by atoms with Crippen molar-refractivity contribution in [1.29, 1.82) is 0 Å². The minimum atomic E-state index is -0.942. The lowest BCUT2D eigenvalue weighted by molar-refractivity contribution is -0.142. The molecule has 0 saturated heterocycles. The lowest BCUT2D eigenvalue weighted by atomic mass is 9.83. The zero-order valence-corrected chi connectivity index (χ0v) is 8.64. The highest BCUT2D eigenvalue weighted by Gasteiger charge is 2.24. The molecular weight excluding hydrogens is 208 g/mol. The Hall–Kier alpha value is -1.84. The fourth-order valence-electron chi connectivity index (χ4n) is 2.10. The first-order valence-electron chi connectivity index (χ1n) is 5.16. The molecule has 2 N–H and O–H groups in total. The van der Waals surface area contributed by atoms with E-state index in [0.717, 1.165) is 11.1 Å². The fourth-order valence-corrected chi connectivity index (χ4v) is 2.10. The van der Waals surface area contributed by atoms with Gasteiger partial charge in [-0.2, -0.15) is 0 Å². The maximum absolute atomic E-state index is 10.8. The summed E-state index contributed by atoms with van der Waals surface area (Å²) in [5, 5.41) is 17.7. The predicted octanol–water partition coefficient (Wildman–Crippen LogP) is 1.57. The first kappa shape index (κ1) is 10.7. The predicted molar refractivity (Wildman–Crippen MR) is 56.6 cm³/mol. The number of hydrogen-bond donors (Lipinski definition) is 2. The lowest BCUT2D eigenvalue weighted by Crippen LogP contribution is -2.22. The highest BCUT2D eigenvalue weighted by atomic mass is 16.4. The van der Waals surface area contributed by atoms with Gasteiger partial charge >= 0.3 is 11.9 Å². The van der Waals surface area contributed by atoms with E-state index < -0.39 is 11.9 Å². The van der Waals surface area contributed by atoms with Crippen LogP contribution in [0.2, 0.25) is 0 Å². The van der Waals surface area contributed by atoms with Gasteiger partial charge in [0, 0.05) is 0 Å². The van der Waals surface area contributed by atoms with E-state index in [0.29, 0.717) is 19.3 Å². The number of aromatic carboxylic acids is 1. The summed E-state index contributed by atoms with van der Waals surface area (Å²) in [7, 11) is 0. The smallest absolute Gasteiger partial charge is 0.335 e. The van der Waals surface area contributed by atoms with E-state index in [9.17, 15) is 9.59 Å². The Bertz CT molecular complexity index is 450. The van der Waals surface area contributed by atoms with Crippen LogP contribution in [0, 0.1) is 5.92 Å². The van der Waals surface area contributed by atoms with Gasteiger partial charge in [0.05, 0.1) is 11.5 Å². The molecule has 1 aromatic rings. The number of rotatable bonds is 2. The van der Waals surface area contributed by atoms with Gasteiger partial charge in [0.2, 0.25) is 0 Å². The summed E-state index contributed by atoms with van der Waals surface area (Å²) < 4.78 is 0. The van der Waals surface area contributed by atoms with Crippen molar-refractivity contribution in [2.75, 3.05) is 0 Å². The van der Waals surface area contributed by atoms with Gasteiger partial charge in [0.1, 0.15) is 0 Å². The highest BCUT2D eigenvalue weighted by molar-refractivity contribution is 5.88. The first-order valence-corrected chi connectivity index (χ1v) is 5.16. The molecule has 1 atom stereocenters. The molecule has 0 fully saturated rings. The van der Waals surface area contributed by atoms with Crippen LogP contribution < -0.4 is 0 Å². The quantitative estimate of drug-likeness (QED) is 0.793. The van der Waals surface area contributed by atoms with Gasteiger partial charge in [-0.15, -0.1) is 0 Å². The van der Waals surface area contributed by atoms with Crippen LogP contribution in [0.5, 0.6) is 0 Å². The normalized spacial score (nSPS) is 18.9. The van der Waals surface area contributed by atoms with Gasteiger partial charge in [0.15, 0.2) is 0 Å². The Balaban J connectivity index is 2.29.